The van der Waals surface area contributed by atoms with Crippen LogP contribution >= 0.6 is 0 Å². The first-order chi connectivity index (χ1) is 10.6. The Bertz CT molecular complexity index is 728. The Hall–Kier alpha value is -2.58. The number of nitrogens with zero attached hydrogens (tertiary/aromatic N) is 2. The first-order valence-electron chi connectivity index (χ1n) is 7.18. The summed E-state index contributed by atoms with van der Waals surface area (Å²) in [6.07, 6.45) is 1.93. The van der Waals surface area contributed by atoms with Gasteiger partial charge in [0.2, 0.25) is 0 Å². The van der Waals surface area contributed by atoms with Crippen molar-refractivity contribution in [2.75, 3.05) is 0 Å². The van der Waals surface area contributed by atoms with Crippen LogP contribution in [0.15, 0.2) is 47.3 Å². The highest BCUT2D eigenvalue weighted by atomic mass is 16.3. The summed E-state index contributed by atoms with van der Waals surface area (Å²) >= 11 is 0. The molecule has 0 fully saturated rings. The third kappa shape index (κ3) is 2.61. The molecule has 0 saturated carbocycles. The molecule has 0 saturated heterocycles. The average molecular weight is 295 g/mol. The molecule has 1 heterocycles. The van der Waals surface area contributed by atoms with Crippen molar-refractivity contribution in [2.24, 2.45) is 5.73 Å². The maximum Gasteiger partial charge on any atom is 0.155 e. The molecule has 22 heavy (non-hydrogen) atoms. The number of allylic oxidation sites excluding steroid dienone is 1. The van der Waals surface area contributed by atoms with Crippen molar-refractivity contribution in [3.63, 3.8) is 0 Å². The first kappa shape index (κ1) is 14.4. The van der Waals surface area contributed by atoms with Gasteiger partial charge in [-0.1, -0.05) is 24.3 Å². The number of Topliss-reactive ketones (excluding diaryl/α,β-unsaturated/α-hetero) is 1. The number of ketones is 1. The number of hydrogen-bond donors (Lipinski definition) is 2. The Labute approximate surface area is 129 Å². The van der Waals surface area contributed by atoms with Gasteiger partial charge in [0, 0.05) is 36.9 Å². The van der Waals surface area contributed by atoms with Gasteiger partial charge < -0.3 is 15.7 Å². The van der Waals surface area contributed by atoms with Crippen LogP contribution < -0.4 is 5.73 Å². The quantitative estimate of drug-likeness (QED) is 0.878. The molecule has 112 valence electrons. The van der Waals surface area contributed by atoms with Crippen molar-refractivity contribution >= 4 is 5.78 Å². The van der Waals surface area contributed by atoms with Crippen LogP contribution in [-0.4, -0.2) is 22.0 Å². The Morgan fingerprint density at radius 2 is 2.14 bits per heavy atom. The van der Waals surface area contributed by atoms with Crippen molar-refractivity contribution in [2.45, 2.75) is 32.0 Å². The van der Waals surface area contributed by atoms with Gasteiger partial charge in [0.25, 0.3) is 0 Å². The molecule has 3 N–H and O–H groups in total. The second kappa shape index (κ2) is 5.66. The average Bonchev–Trinajstić information content (AvgIpc) is 2.76. The van der Waals surface area contributed by atoms with Crippen LogP contribution in [-0.2, 0) is 17.8 Å². The van der Waals surface area contributed by atoms with E-state index in [4.69, 9.17) is 11.0 Å². The van der Waals surface area contributed by atoms with Gasteiger partial charge in [0.05, 0.1) is 12.5 Å². The normalized spacial score (nSPS) is 20.7. The topological polar surface area (TPSA) is 90.4 Å². The summed E-state index contributed by atoms with van der Waals surface area (Å²) in [5.74, 6) is 0.0811. The van der Waals surface area contributed by atoms with E-state index in [0.717, 1.165) is 16.7 Å². The summed E-state index contributed by atoms with van der Waals surface area (Å²) in [6.45, 7) is 0.509. The highest BCUT2D eigenvalue weighted by Crippen LogP contribution is 2.35. The summed E-state index contributed by atoms with van der Waals surface area (Å²) < 4.78 is 0. The van der Waals surface area contributed by atoms with E-state index in [1.54, 1.807) is 4.90 Å². The van der Waals surface area contributed by atoms with E-state index < -0.39 is 6.23 Å². The SMILES string of the molecule is N#CCc1cccc(CN2C=C3CC(=O)CC(N)=C3C2O)c1. The van der Waals surface area contributed by atoms with Gasteiger partial charge in [-0.2, -0.15) is 5.26 Å². The lowest BCUT2D eigenvalue weighted by molar-refractivity contribution is -0.118. The second-order valence-corrected chi connectivity index (χ2v) is 5.69. The first-order valence-corrected chi connectivity index (χ1v) is 7.18. The summed E-state index contributed by atoms with van der Waals surface area (Å²) in [7, 11) is 0. The minimum Gasteiger partial charge on any atom is -0.401 e. The molecular weight excluding hydrogens is 278 g/mol. The van der Waals surface area contributed by atoms with E-state index in [-0.39, 0.29) is 12.2 Å². The van der Waals surface area contributed by atoms with Crippen LogP contribution in [0, 0.1) is 11.3 Å². The minimum absolute atomic E-state index is 0.0811. The number of fused-ring (bicyclic) bond motifs is 1. The molecule has 3 rings (SSSR count). The molecular formula is C17H17N3O2. The number of aliphatic hydroxyl groups is 1. The predicted molar refractivity (Wildman–Crippen MR) is 80.8 cm³/mol. The van der Waals surface area contributed by atoms with Crippen molar-refractivity contribution in [3.8, 4) is 6.07 Å². The highest BCUT2D eigenvalue weighted by molar-refractivity contribution is 5.87. The molecule has 1 unspecified atom stereocenters. The maximum absolute atomic E-state index is 11.6. The van der Waals surface area contributed by atoms with E-state index in [2.05, 4.69) is 6.07 Å². The fourth-order valence-corrected chi connectivity index (χ4v) is 3.04. The molecule has 0 radical (unpaired) electrons. The molecule has 2 aliphatic rings. The Morgan fingerprint density at radius 3 is 2.91 bits per heavy atom. The van der Waals surface area contributed by atoms with E-state index in [9.17, 15) is 9.90 Å². The van der Waals surface area contributed by atoms with Gasteiger partial charge in [0.1, 0.15) is 5.78 Å². The Kier molecular flexibility index (Phi) is 3.70. The third-order valence-corrected chi connectivity index (χ3v) is 4.00. The molecule has 5 heteroatoms. The maximum atomic E-state index is 11.6. The largest absolute Gasteiger partial charge is 0.401 e. The fourth-order valence-electron chi connectivity index (χ4n) is 3.04. The highest BCUT2D eigenvalue weighted by Gasteiger charge is 2.34. The third-order valence-electron chi connectivity index (χ3n) is 4.00. The number of aliphatic hydroxyl groups excluding tert-OH is 1. The summed E-state index contributed by atoms with van der Waals surface area (Å²) in [6, 6.07) is 9.85. The van der Waals surface area contributed by atoms with Gasteiger partial charge in [-0.25, -0.2) is 0 Å². The molecule has 0 aromatic heterocycles. The summed E-state index contributed by atoms with van der Waals surface area (Å²) in [5.41, 5.74) is 9.84. The van der Waals surface area contributed by atoms with Crippen LogP contribution in [0.4, 0.5) is 0 Å². The van der Waals surface area contributed by atoms with Crippen LogP contribution in [0.2, 0.25) is 0 Å². The number of benzene rings is 1. The monoisotopic (exact) mass is 295 g/mol. The second-order valence-electron chi connectivity index (χ2n) is 5.69. The molecule has 1 aliphatic heterocycles. The molecule has 5 nitrogen and oxygen atoms in total. The Balaban J connectivity index is 1.83. The van der Waals surface area contributed by atoms with Gasteiger partial charge in [-0.3, -0.25) is 4.79 Å². The number of carbonyl (C=O) groups excluding carboxylic acids is 1. The van der Waals surface area contributed by atoms with E-state index in [0.29, 0.717) is 30.7 Å². The van der Waals surface area contributed by atoms with Gasteiger partial charge >= 0.3 is 0 Å². The summed E-state index contributed by atoms with van der Waals surface area (Å²) in [5, 5.41) is 19.2. The fraction of sp³-hybridized carbons (Fsp3) is 0.294. The molecule has 1 aliphatic carbocycles. The van der Waals surface area contributed by atoms with Crippen LogP contribution in [0.1, 0.15) is 24.0 Å². The number of nitrogens with two attached hydrogens (primary N) is 1. The smallest absolute Gasteiger partial charge is 0.155 e. The predicted octanol–water partition coefficient (Wildman–Crippen LogP) is 1.35. The lowest BCUT2D eigenvalue weighted by Gasteiger charge is -2.24. The lowest BCUT2D eigenvalue weighted by atomic mass is 9.92. The number of carbonyl (C=O) groups is 1. The minimum atomic E-state index is -0.803. The van der Waals surface area contributed by atoms with Crippen LogP contribution in [0.25, 0.3) is 0 Å². The van der Waals surface area contributed by atoms with Gasteiger partial charge in [-0.15, -0.1) is 0 Å². The zero-order valence-corrected chi connectivity index (χ0v) is 12.1. The molecule has 0 spiro atoms. The van der Waals surface area contributed by atoms with Gasteiger partial charge in [0.15, 0.2) is 6.23 Å². The van der Waals surface area contributed by atoms with Crippen molar-refractivity contribution in [1.82, 2.24) is 4.90 Å². The Morgan fingerprint density at radius 1 is 1.36 bits per heavy atom. The van der Waals surface area contributed by atoms with Gasteiger partial charge in [-0.05, 0) is 16.7 Å². The molecule has 1 aromatic carbocycles. The van der Waals surface area contributed by atoms with Crippen LogP contribution in [0.3, 0.4) is 0 Å². The molecule has 0 bridgehead atoms. The number of hydrogen-bond acceptors (Lipinski definition) is 5. The van der Waals surface area contributed by atoms with Crippen molar-refractivity contribution in [3.05, 3.63) is 58.4 Å². The van der Waals surface area contributed by atoms with E-state index >= 15 is 0 Å². The molecule has 1 atom stereocenters. The zero-order chi connectivity index (χ0) is 15.7. The standard InChI is InChI=1S/C17H17N3O2/c18-5-4-11-2-1-3-12(6-11)9-20-10-13-7-14(21)8-15(19)16(13)17(20)22/h1-3,6,10,17,22H,4,7-9,19H2. The number of nitriles is 1. The number of rotatable bonds is 3. The van der Waals surface area contributed by atoms with E-state index in [1.807, 2.05) is 30.5 Å². The zero-order valence-electron chi connectivity index (χ0n) is 12.1. The van der Waals surface area contributed by atoms with Crippen molar-refractivity contribution in [1.29, 1.82) is 5.26 Å². The van der Waals surface area contributed by atoms with E-state index in [1.165, 1.54) is 0 Å². The molecule has 1 aromatic rings. The summed E-state index contributed by atoms with van der Waals surface area (Å²) in [4.78, 5) is 13.4. The van der Waals surface area contributed by atoms with Crippen LogP contribution in [0.5, 0.6) is 0 Å². The molecule has 0 amide bonds. The lowest BCUT2D eigenvalue weighted by Crippen LogP contribution is -2.30. The van der Waals surface area contributed by atoms with Crippen molar-refractivity contribution < 1.29 is 9.90 Å².